The van der Waals surface area contributed by atoms with Gasteiger partial charge in [0.1, 0.15) is 12.7 Å². The molecule has 3 N–H and O–H groups in total. The van der Waals surface area contributed by atoms with E-state index in [1.54, 1.807) is 11.6 Å². The molecule has 17 atom stereocenters. The van der Waals surface area contributed by atoms with E-state index >= 15 is 0 Å². The van der Waals surface area contributed by atoms with E-state index in [1.165, 1.54) is 88.7 Å². The molecule has 8 aliphatic carbocycles. The summed E-state index contributed by atoms with van der Waals surface area (Å²) in [4.78, 5) is 25.8. The highest BCUT2D eigenvalue weighted by Gasteiger charge is 2.76. The lowest BCUT2D eigenvalue weighted by atomic mass is 9.36. The maximum absolute atomic E-state index is 14.0. The van der Waals surface area contributed by atoms with E-state index in [4.69, 9.17) is 9.47 Å². The molecule has 0 saturated heterocycles. The summed E-state index contributed by atoms with van der Waals surface area (Å²) < 4.78 is 12.0. The van der Waals surface area contributed by atoms with Crippen molar-refractivity contribution in [3.05, 3.63) is 95.1 Å². The molecule has 7 heteroatoms. The van der Waals surface area contributed by atoms with Crippen LogP contribution in [-0.2, 0) is 31.9 Å². The number of allylic oxidation sites excluding steroid dienone is 2. The van der Waals surface area contributed by atoms with Gasteiger partial charge in [0.2, 0.25) is 0 Å². The number of hydrogen-bond acceptors (Lipinski definition) is 7. The highest BCUT2D eigenvalue weighted by Crippen LogP contribution is 2.81. The van der Waals surface area contributed by atoms with Crippen LogP contribution in [0.15, 0.2) is 84.0 Å². The number of cyclic esters (lactones) is 1. The number of fused-ring (bicyclic) bond motifs is 2. The third-order valence-corrected chi connectivity index (χ3v) is 23.0. The molecular weight excluding hydrogens is 869 g/mol. The van der Waals surface area contributed by atoms with Crippen molar-refractivity contribution in [2.45, 2.75) is 199 Å². The van der Waals surface area contributed by atoms with Crippen LogP contribution in [0, 0.1) is 74.4 Å². The maximum atomic E-state index is 14.0. The van der Waals surface area contributed by atoms with Crippen LogP contribution >= 0.6 is 0 Å². The molecule has 70 heavy (non-hydrogen) atoms. The lowest BCUT2D eigenvalue weighted by Crippen LogP contribution is -2.77. The highest BCUT2D eigenvalue weighted by molar-refractivity contribution is 5.85. The molecule has 7 nitrogen and oxygen atoms in total. The number of carbonyl (C=O) groups excluding carboxylic acids is 2. The summed E-state index contributed by atoms with van der Waals surface area (Å²) in [6.07, 6.45) is 25.5. The van der Waals surface area contributed by atoms with Crippen LogP contribution in [0.4, 0.5) is 0 Å². The van der Waals surface area contributed by atoms with Gasteiger partial charge in [-0.15, -0.1) is 0 Å². The topological polar surface area (TPSA) is 113 Å². The van der Waals surface area contributed by atoms with Gasteiger partial charge in [0.05, 0.1) is 23.2 Å². The Labute approximate surface area is 420 Å². The van der Waals surface area contributed by atoms with Crippen molar-refractivity contribution in [3.8, 4) is 0 Å². The highest BCUT2D eigenvalue weighted by atomic mass is 16.5. The number of esters is 2. The average molecular weight is 955 g/mol. The molecule has 9 aliphatic rings. The van der Waals surface area contributed by atoms with E-state index in [1.807, 2.05) is 6.92 Å². The van der Waals surface area contributed by atoms with Crippen LogP contribution in [0.5, 0.6) is 0 Å². The van der Waals surface area contributed by atoms with Crippen LogP contribution in [0.3, 0.4) is 0 Å². The molecule has 1 aliphatic heterocycles. The van der Waals surface area contributed by atoms with Gasteiger partial charge in [-0.05, 0) is 215 Å². The number of aliphatic hydroxyl groups is 3. The molecule has 0 unspecified atom stereocenters. The van der Waals surface area contributed by atoms with E-state index in [0.29, 0.717) is 59.7 Å². The Morgan fingerprint density at radius 2 is 1.64 bits per heavy atom. The minimum Gasteiger partial charge on any atom is -0.462 e. The summed E-state index contributed by atoms with van der Waals surface area (Å²) in [7, 11) is 0. The molecular formula is C63H86O7. The predicted octanol–water partition coefficient (Wildman–Crippen LogP) is 12.5. The monoisotopic (exact) mass is 955 g/mol. The number of benzene rings is 2. The Bertz CT molecular complexity index is 2310. The number of rotatable bonds is 16. The lowest BCUT2D eigenvalue weighted by molar-refractivity contribution is -0.329. The molecule has 2 aromatic rings. The van der Waals surface area contributed by atoms with Crippen LogP contribution < -0.4 is 0 Å². The standard InChI is InChI=1S/C63H86O7/c1-41(13-11-18-44-14-7-5-8-15-44)20-23-53(65)63-54(66)26-28-58(4,57(63)52(70-43(3)64)33-42(2)62(63,68)30-24-46-34-55(67)69-39-46)51-25-29-60-37-48(51)35-47-36-49-19-12-27-59(49)31-32-61(40-59,56(47)60)50(38-60)22-21-45-16-9-6-10-17-45/h5-10,14-17,34-35,41-42,48-54,56-57,65-66,68H,11-13,18-33,36-40H2,1-4H3/t41-,42-,48+,49-,50-,51-,52-,53+,54+,56-,57+,58+,59+,60+,61-,62-,63+/m1/s1. The molecule has 11 rings (SSSR count). The Kier molecular flexibility index (Phi) is 13.0. The van der Waals surface area contributed by atoms with Crippen molar-refractivity contribution in [2.24, 2.45) is 74.4 Å². The van der Waals surface area contributed by atoms with Gasteiger partial charge in [-0.3, -0.25) is 4.79 Å². The smallest absolute Gasteiger partial charge is 0.331 e. The molecule has 2 aromatic carbocycles. The molecule has 7 saturated carbocycles. The summed E-state index contributed by atoms with van der Waals surface area (Å²) in [5.74, 6) is 1.59. The Hall–Kier alpha value is -3.26. The van der Waals surface area contributed by atoms with Gasteiger partial charge in [0.25, 0.3) is 0 Å². The summed E-state index contributed by atoms with van der Waals surface area (Å²) in [5.41, 5.74) is 3.33. The second-order valence-electron chi connectivity index (χ2n) is 26.2. The fraction of sp³-hybridized carbons (Fsp3) is 0.714. The second-order valence-corrected chi connectivity index (χ2v) is 26.2. The quantitative estimate of drug-likeness (QED) is 0.113. The normalized spacial score (nSPS) is 43.2. The minimum atomic E-state index is -1.51. The number of ether oxygens (including phenoxy) is 2. The Balaban J connectivity index is 0.962. The molecule has 7 fully saturated rings. The van der Waals surface area contributed by atoms with E-state index in [-0.39, 0.29) is 30.9 Å². The second kappa shape index (κ2) is 18.6. The molecule has 0 amide bonds. The van der Waals surface area contributed by atoms with Gasteiger partial charge < -0.3 is 24.8 Å². The first kappa shape index (κ1) is 49.0. The van der Waals surface area contributed by atoms with Crippen molar-refractivity contribution in [1.82, 2.24) is 0 Å². The van der Waals surface area contributed by atoms with Crippen molar-refractivity contribution in [2.75, 3.05) is 6.61 Å². The van der Waals surface area contributed by atoms with Crippen molar-refractivity contribution in [1.29, 1.82) is 0 Å². The summed E-state index contributed by atoms with van der Waals surface area (Å²) in [6, 6.07) is 21.9. The summed E-state index contributed by atoms with van der Waals surface area (Å²) in [6.45, 7) is 8.49. The van der Waals surface area contributed by atoms with Crippen LogP contribution in [0.1, 0.15) is 174 Å². The van der Waals surface area contributed by atoms with Gasteiger partial charge >= 0.3 is 11.9 Å². The first-order valence-electron chi connectivity index (χ1n) is 28.6. The summed E-state index contributed by atoms with van der Waals surface area (Å²) in [5, 5.41) is 40.6. The number of carbonyl (C=O) groups is 2. The first-order valence-corrected chi connectivity index (χ1v) is 28.6. The van der Waals surface area contributed by atoms with Gasteiger partial charge in [0, 0.05) is 18.9 Å². The molecule has 0 aromatic heterocycles. The zero-order chi connectivity index (χ0) is 48.7. The fourth-order valence-corrected chi connectivity index (χ4v) is 20.4. The molecule has 3 spiro atoms. The van der Waals surface area contributed by atoms with Gasteiger partial charge in [-0.2, -0.15) is 0 Å². The van der Waals surface area contributed by atoms with E-state index in [9.17, 15) is 24.9 Å². The largest absolute Gasteiger partial charge is 0.462 e. The number of aryl methyl sites for hydroxylation is 2. The molecule has 0 radical (unpaired) electrons. The molecule has 1 heterocycles. The summed E-state index contributed by atoms with van der Waals surface area (Å²) >= 11 is 0. The van der Waals surface area contributed by atoms with E-state index in [2.05, 4.69) is 80.6 Å². The third-order valence-electron chi connectivity index (χ3n) is 23.0. The lowest BCUT2D eigenvalue weighted by Gasteiger charge is -2.71. The average Bonchev–Trinajstić information content (AvgIpc) is 4.09. The minimum absolute atomic E-state index is 0.205. The number of aliphatic hydroxyl groups excluding tert-OH is 2. The van der Waals surface area contributed by atoms with E-state index in [0.717, 1.165) is 62.4 Å². The van der Waals surface area contributed by atoms with Crippen LogP contribution in [-0.4, -0.2) is 57.8 Å². The van der Waals surface area contributed by atoms with Crippen molar-refractivity contribution < 1.29 is 34.4 Å². The van der Waals surface area contributed by atoms with Crippen LogP contribution in [0.25, 0.3) is 0 Å². The maximum Gasteiger partial charge on any atom is 0.331 e. The third kappa shape index (κ3) is 7.88. The Morgan fingerprint density at radius 1 is 0.886 bits per heavy atom. The van der Waals surface area contributed by atoms with Crippen molar-refractivity contribution >= 4 is 11.9 Å². The predicted molar refractivity (Wildman–Crippen MR) is 274 cm³/mol. The van der Waals surface area contributed by atoms with Gasteiger partial charge in [0.15, 0.2) is 0 Å². The fourth-order valence-electron chi connectivity index (χ4n) is 20.4. The number of hydrogen-bond donors (Lipinski definition) is 3. The van der Waals surface area contributed by atoms with Crippen LogP contribution in [0.2, 0.25) is 0 Å². The zero-order valence-corrected chi connectivity index (χ0v) is 43.2. The van der Waals surface area contributed by atoms with E-state index < -0.39 is 46.6 Å². The molecule has 4 bridgehead atoms. The zero-order valence-electron chi connectivity index (χ0n) is 43.2. The van der Waals surface area contributed by atoms with Gasteiger partial charge in [-0.1, -0.05) is 106 Å². The Morgan fingerprint density at radius 3 is 2.37 bits per heavy atom. The van der Waals surface area contributed by atoms with Crippen molar-refractivity contribution in [3.63, 3.8) is 0 Å². The van der Waals surface area contributed by atoms with Gasteiger partial charge in [-0.25, -0.2) is 4.79 Å². The SMILES string of the molecule is CC(=O)O[C@@H]1C[C@@H](C)[C@](O)(CCC2=CC(=O)OC2)[C@@]2([C@@H](O)CC[C@H](C)CCCc3ccccc3)[C@@H](O)CC[C@@](C)([C@@H]3CC[C@@]45C[C@@H](CCc6ccccc6)[C@]67CC[C@@]8(CCC[C@@H]8CC(=C[C@H]3C4)[C@H]56)C7)[C@H]12. The molecule has 380 valence electrons. The first-order chi connectivity index (χ1) is 33.6.